The van der Waals surface area contributed by atoms with Crippen molar-refractivity contribution in [1.29, 1.82) is 0 Å². The van der Waals surface area contributed by atoms with Gasteiger partial charge in [0.2, 0.25) is 0 Å². The highest BCUT2D eigenvalue weighted by Crippen LogP contribution is 2.11. The van der Waals surface area contributed by atoms with E-state index in [0.717, 1.165) is 0 Å². The first-order valence-electron chi connectivity index (χ1n) is 4.61. The van der Waals surface area contributed by atoms with E-state index in [1.165, 1.54) is 0 Å². The van der Waals surface area contributed by atoms with Crippen molar-refractivity contribution in [3.05, 3.63) is 30.3 Å². The van der Waals surface area contributed by atoms with Gasteiger partial charge in [0, 0.05) is 5.69 Å². The molecular weight excluding hydrogens is 181 g/mol. The lowest BCUT2D eigenvalue weighted by molar-refractivity contribution is -0.122. The third kappa shape index (κ3) is 2.83. The summed E-state index contributed by atoms with van der Waals surface area (Å²) in [7, 11) is 0. The predicted octanol–water partition coefficient (Wildman–Crippen LogP) is 2.62. The largest absolute Gasteiger partial charge is 0.324 e. The Morgan fingerprint density at radius 2 is 1.86 bits per heavy atom. The molecule has 1 N–H and O–H groups in total. The van der Waals surface area contributed by atoms with Gasteiger partial charge < -0.3 is 5.32 Å². The molecule has 0 aliphatic rings. The fraction of sp³-hybridized carbons (Fsp3) is 0.364. The first kappa shape index (κ1) is 10.7. The Morgan fingerprint density at radius 1 is 1.29 bits per heavy atom. The highest BCUT2D eigenvalue weighted by molar-refractivity contribution is 5.94. The number of anilines is 1. The topological polar surface area (TPSA) is 29.1 Å². The molecule has 0 aliphatic heterocycles. The van der Waals surface area contributed by atoms with E-state index < -0.39 is 12.1 Å². The van der Waals surface area contributed by atoms with Crippen molar-refractivity contribution >= 4 is 11.6 Å². The maximum absolute atomic E-state index is 13.2. The van der Waals surface area contributed by atoms with Crippen LogP contribution in [-0.4, -0.2) is 12.1 Å². The number of nitrogens with one attached hydrogen (secondary N) is 1. The van der Waals surface area contributed by atoms with E-state index in [9.17, 15) is 9.18 Å². The van der Waals surface area contributed by atoms with Gasteiger partial charge in [-0.25, -0.2) is 4.39 Å². The average Bonchev–Trinajstić information content (AvgIpc) is 2.18. The Bertz CT molecular complexity index is 297. The summed E-state index contributed by atoms with van der Waals surface area (Å²) in [5.74, 6) is -0.870. The number of carbonyl (C=O) groups is 1. The van der Waals surface area contributed by atoms with Crippen LogP contribution in [0.25, 0.3) is 0 Å². The van der Waals surface area contributed by atoms with Gasteiger partial charge in [0.25, 0.3) is 5.91 Å². The molecule has 0 unspecified atom stereocenters. The fourth-order valence-electron chi connectivity index (χ4n) is 1.04. The zero-order valence-electron chi connectivity index (χ0n) is 8.33. The Kier molecular flexibility index (Phi) is 3.63. The first-order valence-corrected chi connectivity index (χ1v) is 4.61. The van der Waals surface area contributed by atoms with E-state index in [2.05, 4.69) is 5.32 Å². The summed E-state index contributed by atoms with van der Waals surface area (Å²) in [5.41, 5.74) is 0.626. The van der Waals surface area contributed by atoms with Gasteiger partial charge in [0.15, 0.2) is 6.17 Å². The zero-order valence-corrected chi connectivity index (χ0v) is 8.33. The molecule has 0 aliphatic carbocycles. The van der Waals surface area contributed by atoms with Crippen molar-refractivity contribution in [2.24, 2.45) is 5.92 Å². The van der Waals surface area contributed by atoms with Gasteiger partial charge in [-0.1, -0.05) is 32.0 Å². The molecule has 0 spiro atoms. The third-order valence-electron chi connectivity index (χ3n) is 1.88. The lowest BCUT2D eigenvalue weighted by Gasteiger charge is -2.11. The van der Waals surface area contributed by atoms with Crippen molar-refractivity contribution in [3.63, 3.8) is 0 Å². The second-order valence-corrected chi connectivity index (χ2v) is 3.50. The minimum atomic E-state index is -1.45. The van der Waals surface area contributed by atoms with Gasteiger partial charge >= 0.3 is 0 Å². The van der Waals surface area contributed by atoms with Gasteiger partial charge in [-0.05, 0) is 18.1 Å². The van der Waals surface area contributed by atoms with Gasteiger partial charge in [0.1, 0.15) is 0 Å². The number of alkyl halides is 1. The van der Waals surface area contributed by atoms with Crippen LogP contribution >= 0.6 is 0 Å². The van der Waals surface area contributed by atoms with Crippen LogP contribution in [0.3, 0.4) is 0 Å². The van der Waals surface area contributed by atoms with Gasteiger partial charge in [-0.15, -0.1) is 0 Å². The van der Waals surface area contributed by atoms with E-state index in [-0.39, 0.29) is 5.92 Å². The summed E-state index contributed by atoms with van der Waals surface area (Å²) < 4.78 is 13.2. The normalized spacial score (nSPS) is 12.6. The summed E-state index contributed by atoms with van der Waals surface area (Å²) in [4.78, 5) is 11.3. The SMILES string of the molecule is CC(C)[C@@H](F)C(=O)Nc1ccccc1. The van der Waals surface area contributed by atoms with E-state index >= 15 is 0 Å². The van der Waals surface area contributed by atoms with Crippen LogP contribution < -0.4 is 5.32 Å². The molecule has 1 rings (SSSR count). The molecule has 0 saturated carbocycles. The lowest BCUT2D eigenvalue weighted by Crippen LogP contribution is -2.28. The fourth-order valence-corrected chi connectivity index (χ4v) is 1.04. The molecule has 0 bridgehead atoms. The highest BCUT2D eigenvalue weighted by atomic mass is 19.1. The zero-order chi connectivity index (χ0) is 10.6. The maximum atomic E-state index is 13.2. The Morgan fingerprint density at radius 3 is 2.36 bits per heavy atom. The number of carbonyl (C=O) groups excluding carboxylic acids is 1. The summed E-state index contributed by atoms with van der Waals surface area (Å²) in [6, 6.07) is 8.87. The van der Waals surface area contributed by atoms with Crippen LogP contribution in [0.4, 0.5) is 10.1 Å². The molecule has 1 aromatic carbocycles. The standard InChI is InChI=1S/C11H14FNO/c1-8(2)10(12)11(14)13-9-6-4-3-5-7-9/h3-8,10H,1-2H3,(H,13,14)/t10-/m1/s1. The number of amides is 1. The second-order valence-electron chi connectivity index (χ2n) is 3.50. The quantitative estimate of drug-likeness (QED) is 0.789. The predicted molar refractivity (Wildman–Crippen MR) is 54.8 cm³/mol. The molecule has 0 radical (unpaired) electrons. The van der Waals surface area contributed by atoms with Gasteiger partial charge in [0.05, 0.1) is 0 Å². The van der Waals surface area contributed by atoms with E-state index in [4.69, 9.17) is 0 Å². The summed E-state index contributed by atoms with van der Waals surface area (Å²) in [6.07, 6.45) is -1.45. The van der Waals surface area contributed by atoms with Crippen molar-refractivity contribution in [3.8, 4) is 0 Å². The number of halogens is 1. The number of hydrogen-bond acceptors (Lipinski definition) is 1. The van der Waals surface area contributed by atoms with E-state index in [1.807, 2.05) is 6.07 Å². The molecule has 0 saturated heterocycles. The summed E-state index contributed by atoms with van der Waals surface area (Å²) >= 11 is 0. The molecule has 0 heterocycles. The number of benzene rings is 1. The maximum Gasteiger partial charge on any atom is 0.259 e. The van der Waals surface area contributed by atoms with Crippen molar-refractivity contribution in [1.82, 2.24) is 0 Å². The van der Waals surface area contributed by atoms with Crippen LogP contribution in [-0.2, 0) is 4.79 Å². The van der Waals surface area contributed by atoms with Crippen molar-refractivity contribution in [2.45, 2.75) is 20.0 Å². The molecule has 3 heteroatoms. The third-order valence-corrected chi connectivity index (χ3v) is 1.88. The minimum Gasteiger partial charge on any atom is -0.324 e. The number of para-hydroxylation sites is 1. The van der Waals surface area contributed by atoms with Crippen LogP contribution in [0.1, 0.15) is 13.8 Å². The number of rotatable bonds is 3. The van der Waals surface area contributed by atoms with Crippen molar-refractivity contribution < 1.29 is 9.18 Å². The molecule has 1 atom stereocenters. The molecule has 14 heavy (non-hydrogen) atoms. The Balaban J connectivity index is 2.58. The van der Waals surface area contributed by atoms with E-state index in [0.29, 0.717) is 5.69 Å². The van der Waals surface area contributed by atoms with Crippen LogP contribution in [0, 0.1) is 5.92 Å². The summed E-state index contributed by atoms with van der Waals surface area (Å²) in [6.45, 7) is 3.35. The Hall–Kier alpha value is -1.38. The molecule has 1 amide bonds. The first-order chi connectivity index (χ1) is 6.61. The van der Waals surface area contributed by atoms with Gasteiger partial charge in [-0.2, -0.15) is 0 Å². The molecule has 0 aromatic heterocycles. The molecule has 2 nitrogen and oxygen atoms in total. The second kappa shape index (κ2) is 4.74. The van der Waals surface area contributed by atoms with Crippen LogP contribution in [0.2, 0.25) is 0 Å². The molecular formula is C11H14FNO. The smallest absolute Gasteiger partial charge is 0.259 e. The Labute approximate surface area is 83.1 Å². The highest BCUT2D eigenvalue weighted by Gasteiger charge is 2.20. The van der Waals surface area contributed by atoms with Crippen molar-refractivity contribution in [2.75, 3.05) is 5.32 Å². The number of hydrogen-bond donors (Lipinski definition) is 1. The van der Waals surface area contributed by atoms with Crippen LogP contribution in [0.15, 0.2) is 30.3 Å². The van der Waals surface area contributed by atoms with E-state index in [1.54, 1.807) is 38.1 Å². The molecule has 1 aromatic rings. The summed E-state index contributed by atoms with van der Waals surface area (Å²) in [5, 5.41) is 2.51. The minimum absolute atomic E-state index is 0.293. The molecule has 0 fully saturated rings. The van der Waals surface area contributed by atoms with Gasteiger partial charge in [-0.3, -0.25) is 4.79 Å². The lowest BCUT2D eigenvalue weighted by atomic mass is 10.1. The van der Waals surface area contributed by atoms with Crippen LogP contribution in [0.5, 0.6) is 0 Å². The molecule has 76 valence electrons. The monoisotopic (exact) mass is 195 g/mol. The average molecular weight is 195 g/mol.